The number of nitriles is 1. The van der Waals surface area contributed by atoms with E-state index < -0.39 is 58.3 Å². The standard InChI is InChI=1S/C24H19ClF3N3O5/c1-22-16(32)9-23(36-22,6-7-35-17-5-3-13(25)11-30-17)19-18(22)20(33)31(21(19)34)14-4-2-12(10-29)15(8-14)24(26,27)28/h2-5,8,11,16,18-19,32H,6-7,9H2,1H3/t16-,18-,19+,22?,23?/m1/s1. The van der Waals surface area contributed by atoms with Crippen molar-refractivity contribution in [3.63, 3.8) is 0 Å². The zero-order valence-electron chi connectivity index (χ0n) is 18.8. The number of ether oxygens (including phenoxy) is 2. The SMILES string of the molecule is CC12OC(CCOc3ccc(Cl)cn3)(C[C@H]1O)[C@@H]1C(=O)N(c3ccc(C#N)c(C(F)(F)F)c3)C(=O)[C@@H]12. The normalized spacial score (nSPS) is 31.0. The van der Waals surface area contributed by atoms with E-state index in [2.05, 4.69) is 4.98 Å². The van der Waals surface area contributed by atoms with Crippen molar-refractivity contribution < 1.29 is 37.3 Å². The lowest BCUT2D eigenvalue weighted by Gasteiger charge is -2.33. The van der Waals surface area contributed by atoms with Crippen LogP contribution in [0.5, 0.6) is 5.88 Å². The van der Waals surface area contributed by atoms with E-state index in [0.717, 1.165) is 12.1 Å². The molecule has 0 aliphatic carbocycles. The molecule has 2 amide bonds. The highest BCUT2D eigenvalue weighted by molar-refractivity contribution is 6.30. The van der Waals surface area contributed by atoms with E-state index in [-0.39, 0.29) is 31.0 Å². The Morgan fingerprint density at radius 1 is 1.28 bits per heavy atom. The number of anilines is 1. The molecule has 12 heteroatoms. The number of hydrogen-bond acceptors (Lipinski definition) is 7. The van der Waals surface area contributed by atoms with Crippen molar-refractivity contribution >= 4 is 29.1 Å². The van der Waals surface area contributed by atoms with Gasteiger partial charge in [-0.05, 0) is 31.2 Å². The first-order chi connectivity index (χ1) is 16.9. The Kier molecular flexibility index (Phi) is 5.55. The van der Waals surface area contributed by atoms with Crippen LogP contribution in [-0.4, -0.2) is 45.8 Å². The number of benzene rings is 1. The largest absolute Gasteiger partial charge is 0.478 e. The van der Waals surface area contributed by atoms with Gasteiger partial charge < -0.3 is 14.6 Å². The molecule has 1 N–H and O–H groups in total. The molecule has 2 unspecified atom stereocenters. The first kappa shape index (κ1) is 24.5. The highest BCUT2D eigenvalue weighted by atomic mass is 35.5. The zero-order chi connectivity index (χ0) is 26.0. The molecule has 8 nitrogen and oxygen atoms in total. The lowest BCUT2D eigenvalue weighted by molar-refractivity contribution is -0.138. The van der Waals surface area contributed by atoms with Crippen LogP contribution < -0.4 is 9.64 Å². The topological polar surface area (TPSA) is 113 Å². The van der Waals surface area contributed by atoms with Gasteiger partial charge in [0.1, 0.15) is 5.60 Å². The van der Waals surface area contributed by atoms with Crippen LogP contribution in [0.4, 0.5) is 18.9 Å². The lowest BCUT2D eigenvalue weighted by Crippen LogP contribution is -2.49. The molecule has 2 bridgehead atoms. The number of amides is 2. The van der Waals surface area contributed by atoms with Gasteiger partial charge >= 0.3 is 6.18 Å². The number of hydrogen-bond donors (Lipinski definition) is 1. The number of alkyl halides is 3. The maximum absolute atomic E-state index is 13.6. The van der Waals surface area contributed by atoms with Crippen molar-refractivity contribution in [1.29, 1.82) is 5.26 Å². The summed E-state index contributed by atoms with van der Waals surface area (Å²) in [5.41, 5.74) is -4.82. The smallest absolute Gasteiger partial charge is 0.417 e. The number of aliphatic hydroxyl groups excluding tert-OH is 1. The Morgan fingerprint density at radius 3 is 2.64 bits per heavy atom. The fourth-order valence-corrected chi connectivity index (χ4v) is 5.77. The summed E-state index contributed by atoms with van der Waals surface area (Å²) in [7, 11) is 0. The van der Waals surface area contributed by atoms with E-state index in [4.69, 9.17) is 26.3 Å². The molecule has 5 atom stereocenters. The Labute approximate surface area is 208 Å². The summed E-state index contributed by atoms with van der Waals surface area (Å²) in [6, 6.07) is 7.31. The Balaban J connectivity index is 1.46. The van der Waals surface area contributed by atoms with Crippen LogP contribution in [-0.2, 0) is 20.5 Å². The van der Waals surface area contributed by atoms with Gasteiger partial charge in [-0.2, -0.15) is 18.4 Å². The second kappa shape index (κ2) is 8.16. The molecule has 0 spiro atoms. The molecule has 188 valence electrons. The van der Waals surface area contributed by atoms with Gasteiger partial charge in [0.15, 0.2) is 0 Å². The summed E-state index contributed by atoms with van der Waals surface area (Å²) in [6.07, 6.45) is -4.36. The minimum Gasteiger partial charge on any atom is -0.478 e. The maximum Gasteiger partial charge on any atom is 0.417 e. The zero-order valence-corrected chi connectivity index (χ0v) is 19.5. The van der Waals surface area contributed by atoms with Crippen LogP contribution in [0.15, 0.2) is 36.5 Å². The van der Waals surface area contributed by atoms with E-state index in [9.17, 15) is 27.9 Å². The summed E-state index contributed by atoms with van der Waals surface area (Å²) in [6.45, 7) is 1.57. The molecule has 3 aliphatic heterocycles. The third-order valence-electron chi connectivity index (χ3n) is 7.28. The minimum atomic E-state index is -4.86. The molecule has 5 rings (SSSR count). The fraction of sp³-hybridized carbons (Fsp3) is 0.417. The Hall–Kier alpha value is -3.20. The summed E-state index contributed by atoms with van der Waals surface area (Å²) in [5.74, 6) is -3.31. The fourth-order valence-electron chi connectivity index (χ4n) is 5.66. The number of halogens is 4. The number of carbonyl (C=O) groups is 2. The summed E-state index contributed by atoms with van der Waals surface area (Å²) < 4.78 is 52.4. The first-order valence-electron chi connectivity index (χ1n) is 11.0. The van der Waals surface area contributed by atoms with Crippen LogP contribution in [0.3, 0.4) is 0 Å². The maximum atomic E-state index is 13.6. The monoisotopic (exact) mass is 521 g/mol. The number of carbonyl (C=O) groups excluding carboxylic acids is 2. The van der Waals surface area contributed by atoms with E-state index in [1.54, 1.807) is 12.1 Å². The number of imide groups is 1. The van der Waals surface area contributed by atoms with Crippen molar-refractivity contribution in [2.75, 3.05) is 11.5 Å². The lowest BCUT2D eigenvalue weighted by atomic mass is 9.66. The van der Waals surface area contributed by atoms with Crippen molar-refractivity contribution in [2.45, 2.75) is 43.2 Å². The van der Waals surface area contributed by atoms with Crippen molar-refractivity contribution in [1.82, 2.24) is 4.98 Å². The number of nitrogens with zero attached hydrogens (tertiary/aromatic N) is 3. The molecular formula is C24H19ClF3N3O5. The summed E-state index contributed by atoms with van der Waals surface area (Å²) in [5, 5.41) is 20.2. The van der Waals surface area contributed by atoms with Gasteiger partial charge in [-0.25, -0.2) is 9.88 Å². The van der Waals surface area contributed by atoms with Crippen molar-refractivity contribution in [3.8, 4) is 11.9 Å². The highest BCUT2D eigenvalue weighted by Gasteiger charge is 2.77. The molecule has 1 aromatic carbocycles. The van der Waals surface area contributed by atoms with Gasteiger partial charge in [0.2, 0.25) is 17.7 Å². The predicted molar refractivity (Wildman–Crippen MR) is 118 cm³/mol. The van der Waals surface area contributed by atoms with E-state index in [0.29, 0.717) is 16.0 Å². The molecule has 36 heavy (non-hydrogen) atoms. The van der Waals surface area contributed by atoms with E-state index in [1.807, 2.05) is 0 Å². The predicted octanol–water partition coefficient (Wildman–Crippen LogP) is 3.49. The van der Waals surface area contributed by atoms with Crippen molar-refractivity contribution in [2.24, 2.45) is 11.8 Å². The molecule has 4 heterocycles. The van der Waals surface area contributed by atoms with Gasteiger partial charge in [-0.3, -0.25) is 9.59 Å². The second-order valence-corrected chi connectivity index (χ2v) is 9.73. The Bertz CT molecular complexity index is 1300. The van der Waals surface area contributed by atoms with Crippen LogP contribution >= 0.6 is 11.6 Å². The minimum absolute atomic E-state index is 0.0389. The third kappa shape index (κ3) is 3.55. The average Bonchev–Trinajstić information content (AvgIpc) is 3.35. The molecule has 1 aromatic heterocycles. The van der Waals surface area contributed by atoms with Gasteiger partial charge in [-0.1, -0.05) is 11.6 Å². The second-order valence-electron chi connectivity index (χ2n) is 9.29. The highest BCUT2D eigenvalue weighted by Crippen LogP contribution is 2.62. The number of rotatable bonds is 5. The summed E-state index contributed by atoms with van der Waals surface area (Å²) >= 11 is 5.82. The molecule has 3 saturated heterocycles. The molecular weight excluding hydrogens is 503 g/mol. The van der Waals surface area contributed by atoms with E-state index >= 15 is 0 Å². The van der Waals surface area contributed by atoms with Crippen LogP contribution in [0.1, 0.15) is 30.9 Å². The molecule has 3 aliphatic rings. The molecule has 0 radical (unpaired) electrons. The first-order valence-corrected chi connectivity index (χ1v) is 11.4. The van der Waals surface area contributed by atoms with Gasteiger partial charge in [0.25, 0.3) is 0 Å². The number of aliphatic hydroxyl groups is 1. The third-order valence-corrected chi connectivity index (χ3v) is 7.50. The van der Waals surface area contributed by atoms with Crippen LogP contribution in [0, 0.1) is 23.2 Å². The van der Waals surface area contributed by atoms with Crippen LogP contribution in [0.2, 0.25) is 5.02 Å². The molecule has 3 fully saturated rings. The van der Waals surface area contributed by atoms with Gasteiger partial charge in [-0.15, -0.1) is 0 Å². The Morgan fingerprint density at radius 2 is 2.00 bits per heavy atom. The van der Waals surface area contributed by atoms with Crippen LogP contribution in [0.25, 0.3) is 0 Å². The number of pyridine rings is 1. The van der Waals surface area contributed by atoms with Gasteiger partial charge in [0, 0.05) is 25.1 Å². The van der Waals surface area contributed by atoms with Gasteiger partial charge in [0.05, 0.1) is 58.1 Å². The quantitative estimate of drug-likeness (QED) is 0.599. The average molecular weight is 522 g/mol. The van der Waals surface area contributed by atoms with Crippen molar-refractivity contribution in [3.05, 3.63) is 52.7 Å². The summed E-state index contributed by atoms with van der Waals surface area (Å²) in [4.78, 5) is 31.7. The van der Waals surface area contributed by atoms with E-state index in [1.165, 1.54) is 19.2 Å². The number of fused-ring (bicyclic) bond motifs is 5. The number of aromatic nitrogens is 1. The molecule has 0 saturated carbocycles. The molecule has 2 aromatic rings.